The van der Waals surface area contributed by atoms with Gasteiger partial charge < -0.3 is 28.7 Å². The van der Waals surface area contributed by atoms with Gasteiger partial charge in [-0.15, -0.1) is 0 Å². The van der Waals surface area contributed by atoms with Gasteiger partial charge in [-0.05, 0) is 25.5 Å². The molecule has 7 nitrogen and oxygen atoms in total. The SMILES string of the molecule is COc1c2occc2c(OCC(O)CNC(C)c2ccccc2)c2c(=O)cc(C)oc12. The molecule has 0 amide bonds. The Morgan fingerprint density at radius 2 is 1.90 bits per heavy atom. The Hall–Kier alpha value is -3.29. The molecule has 2 heterocycles. The van der Waals surface area contributed by atoms with Gasteiger partial charge in [-0.25, -0.2) is 0 Å². The first-order valence-electron chi connectivity index (χ1n) is 10.1. The molecule has 0 aliphatic carbocycles. The van der Waals surface area contributed by atoms with Crippen molar-refractivity contribution in [1.29, 1.82) is 0 Å². The van der Waals surface area contributed by atoms with Crippen molar-refractivity contribution in [2.75, 3.05) is 20.3 Å². The van der Waals surface area contributed by atoms with Gasteiger partial charge in [0.2, 0.25) is 5.75 Å². The zero-order valence-corrected chi connectivity index (χ0v) is 17.7. The quantitative estimate of drug-likeness (QED) is 0.443. The van der Waals surface area contributed by atoms with Crippen LogP contribution in [0.5, 0.6) is 11.5 Å². The van der Waals surface area contributed by atoms with Crippen molar-refractivity contribution >= 4 is 21.9 Å². The Morgan fingerprint density at radius 1 is 1.13 bits per heavy atom. The number of furan rings is 1. The second-order valence-electron chi connectivity index (χ2n) is 7.46. The summed E-state index contributed by atoms with van der Waals surface area (Å²) in [6, 6.07) is 13.2. The van der Waals surface area contributed by atoms with E-state index in [0.717, 1.165) is 5.56 Å². The van der Waals surface area contributed by atoms with Crippen molar-refractivity contribution in [3.05, 3.63) is 70.3 Å². The van der Waals surface area contributed by atoms with Crippen LogP contribution < -0.4 is 20.2 Å². The molecular formula is C24H25NO6. The van der Waals surface area contributed by atoms with Crippen LogP contribution >= 0.6 is 0 Å². The third kappa shape index (κ3) is 4.15. The summed E-state index contributed by atoms with van der Waals surface area (Å²) in [4.78, 5) is 12.8. The minimum Gasteiger partial charge on any atom is -0.490 e. The molecule has 162 valence electrons. The molecule has 0 bridgehead atoms. The number of aliphatic hydroxyl groups is 1. The first-order chi connectivity index (χ1) is 15.0. The molecule has 0 aliphatic heterocycles. The van der Waals surface area contributed by atoms with Gasteiger partial charge in [0.15, 0.2) is 16.6 Å². The highest BCUT2D eigenvalue weighted by Crippen LogP contribution is 2.42. The van der Waals surface area contributed by atoms with Crippen molar-refractivity contribution < 1.29 is 23.4 Å². The van der Waals surface area contributed by atoms with E-state index in [1.165, 1.54) is 19.4 Å². The number of rotatable bonds is 8. The first kappa shape index (κ1) is 21.0. The molecule has 4 aromatic rings. The third-order valence-corrected chi connectivity index (χ3v) is 5.20. The molecule has 0 aliphatic rings. The lowest BCUT2D eigenvalue weighted by Crippen LogP contribution is -2.33. The molecule has 2 aromatic heterocycles. The van der Waals surface area contributed by atoms with Crippen LogP contribution in [0.25, 0.3) is 21.9 Å². The number of aliphatic hydroxyl groups excluding tert-OH is 1. The lowest BCUT2D eigenvalue weighted by Gasteiger charge is -2.19. The highest BCUT2D eigenvalue weighted by Gasteiger charge is 2.23. The van der Waals surface area contributed by atoms with E-state index in [-0.39, 0.29) is 29.0 Å². The number of ether oxygens (including phenoxy) is 2. The monoisotopic (exact) mass is 423 g/mol. The van der Waals surface area contributed by atoms with Gasteiger partial charge in [0, 0.05) is 18.7 Å². The van der Waals surface area contributed by atoms with Crippen molar-refractivity contribution in [3.8, 4) is 11.5 Å². The van der Waals surface area contributed by atoms with Crippen LogP contribution in [0.1, 0.15) is 24.3 Å². The van der Waals surface area contributed by atoms with Crippen LogP contribution in [0.3, 0.4) is 0 Å². The van der Waals surface area contributed by atoms with E-state index < -0.39 is 6.10 Å². The summed E-state index contributed by atoms with van der Waals surface area (Å²) >= 11 is 0. The fourth-order valence-corrected chi connectivity index (χ4v) is 3.63. The normalized spacial score (nSPS) is 13.4. The molecule has 0 spiro atoms. The Morgan fingerprint density at radius 3 is 2.65 bits per heavy atom. The second kappa shape index (κ2) is 8.83. The number of hydrogen-bond donors (Lipinski definition) is 2. The molecular weight excluding hydrogens is 398 g/mol. The highest BCUT2D eigenvalue weighted by atomic mass is 16.5. The maximum atomic E-state index is 12.8. The van der Waals surface area contributed by atoms with E-state index in [2.05, 4.69) is 5.32 Å². The van der Waals surface area contributed by atoms with E-state index in [1.54, 1.807) is 13.0 Å². The zero-order chi connectivity index (χ0) is 22.0. The predicted octanol–water partition coefficient (Wildman–Crippen LogP) is 3.95. The lowest BCUT2D eigenvalue weighted by molar-refractivity contribution is 0.105. The third-order valence-electron chi connectivity index (χ3n) is 5.20. The summed E-state index contributed by atoms with van der Waals surface area (Å²) in [6.45, 7) is 4.04. The lowest BCUT2D eigenvalue weighted by atomic mass is 10.1. The van der Waals surface area contributed by atoms with E-state index in [0.29, 0.717) is 34.8 Å². The van der Waals surface area contributed by atoms with Gasteiger partial charge in [0.1, 0.15) is 29.6 Å². The number of hydrogen-bond acceptors (Lipinski definition) is 7. The number of aryl methyl sites for hydroxylation is 1. The van der Waals surface area contributed by atoms with Gasteiger partial charge in [-0.2, -0.15) is 0 Å². The standard InChI is InChI=1S/C24H25NO6/c1-14-11-19(27)20-21(18-9-10-29-22(18)24(28-3)23(20)31-14)30-13-17(26)12-25-15(2)16-7-5-4-6-8-16/h4-11,15,17,25-26H,12-13H2,1-3H3. The summed E-state index contributed by atoms with van der Waals surface area (Å²) in [6.07, 6.45) is 0.707. The molecule has 31 heavy (non-hydrogen) atoms. The van der Waals surface area contributed by atoms with E-state index in [9.17, 15) is 9.90 Å². The largest absolute Gasteiger partial charge is 0.490 e. The van der Waals surface area contributed by atoms with Gasteiger partial charge in [-0.1, -0.05) is 30.3 Å². The minimum absolute atomic E-state index is 0.0104. The first-order valence-corrected chi connectivity index (χ1v) is 10.1. The van der Waals surface area contributed by atoms with E-state index in [4.69, 9.17) is 18.3 Å². The molecule has 0 fully saturated rings. The van der Waals surface area contributed by atoms with Crippen molar-refractivity contribution in [3.63, 3.8) is 0 Å². The predicted molar refractivity (Wildman–Crippen MR) is 118 cm³/mol. The van der Waals surface area contributed by atoms with Crippen LogP contribution in [-0.2, 0) is 0 Å². The maximum Gasteiger partial charge on any atom is 0.206 e. The Labute approximate surface area is 179 Å². The van der Waals surface area contributed by atoms with E-state index in [1.807, 2.05) is 37.3 Å². The molecule has 0 saturated carbocycles. The summed E-state index contributed by atoms with van der Waals surface area (Å²) in [5, 5.41) is 14.6. The number of methoxy groups -OCH3 is 1. The number of benzene rings is 2. The fourth-order valence-electron chi connectivity index (χ4n) is 3.63. The van der Waals surface area contributed by atoms with Crippen LogP contribution in [0, 0.1) is 6.92 Å². The summed E-state index contributed by atoms with van der Waals surface area (Å²) in [5.74, 6) is 1.09. The fraction of sp³-hybridized carbons (Fsp3) is 0.292. The molecule has 2 aromatic carbocycles. The number of nitrogens with one attached hydrogen (secondary N) is 1. The van der Waals surface area contributed by atoms with Gasteiger partial charge in [0.25, 0.3) is 0 Å². The molecule has 0 saturated heterocycles. The average Bonchev–Trinajstić information content (AvgIpc) is 3.25. The molecule has 2 atom stereocenters. The Balaban J connectivity index is 1.58. The number of fused-ring (bicyclic) bond motifs is 2. The Kier molecular flexibility index (Phi) is 5.97. The molecule has 7 heteroatoms. The molecule has 2 N–H and O–H groups in total. The summed E-state index contributed by atoms with van der Waals surface area (Å²) < 4.78 is 22.7. The molecule has 0 radical (unpaired) electrons. The molecule has 4 rings (SSSR count). The minimum atomic E-state index is -0.789. The Bertz CT molecular complexity index is 1240. The van der Waals surface area contributed by atoms with E-state index >= 15 is 0 Å². The maximum absolute atomic E-state index is 12.8. The van der Waals surface area contributed by atoms with Gasteiger partial charge in [-0.3, -0.25) is 4.79 Å². The van der Waals surface area contributed by atoms with Gasteiger partial charge >= 0.3 is 0 Å². The summed E-state index contributed by atoms with van der Waals surface area (Å²) in [7, 11) is 1.49. The van der Waals surface area contributed by atoms with Crippen molar-refractivity contribution in [2.45, 2.75) is 26.0 Å². The van der Waals surface area contributed by atoms with Crippen molar-refractivity contribution in [1.82, 2.24) is 5.32 Å². The zero-order valence-electron chi connectivity index (χ0n) is 17.7. The smallest absolute Gasteiger partial charge is 0.206 e. The highest BCUT2D eigenvalue weighted by molar-refractivity contribution is 6.06. The van der Waals surface area contributed by atoms with Crippen LogP contribution in [0.15, 0.2) is 62.4 Å². The second-order valence-corrected chi connectivity index (χ2v) is 7.46. The average molecular weight is 423 g/mol. The van der Waals surface area contributed by atoms with Gasteiger partial charge in [0.05, 0.1) is 18.8 Å². The van der Waals surface area contributed by atoms with Crippen LogP contribution in [0.2, 0.25) is 0 Å². The van der Waals surface area contributed by atoms with Crippen molar-refractivity contribution in [2.24, 2.45) is 0 Å². The topological polar surface area (TPSA) is 94.1 Å². The van der Waals surface area contributed by atoms with Crippen LogP contribution in [0.4, 0.5) is 0 Å². The molecule has 2 unspecified atom stereocenters. The summed E-state index contributed by atoms with van der Waals surface area (Å²) in [5.41, 5.74) is 1.56. The van der Waals surface area contributed by atoms with Crippen LogP contribution in [-0.4, -0.2) is 31.5 Å².